The standard InChI is InChI=1S/C29H40N4O4/c1-23-30-13-18-31(23)15-9-27(34)32-16-11-29(12-17-32)10-2-3-19-36-21-25-7-5-14-33(25)28(35)24-6-4-8-26(20-24)37-22-29/h4,6,8,13,18,20,25H,2-3,5,7,9-12,14-17,19,21-22H2,1H3/t25-/m0/s1. The Morgan fingerprint density at radius 1 is 1.14 bits per heavy atom. The summed E-state index contributed by atoms with van der Waals surface area (Å²) in [5, 5.41) is 0. The number of fused-ring (bicyclic) bond motifs is 3. The lowest BCUT2D eigenvalue weighted by Gasteiger charge is -2.42. The maximum absolute atomic E-state index is 13.2. The molecule has 0 N–H and O–H groups in total. The third kappa shape index (κ3) is 6.17. The Morgan fingerprint density at radius 2 is 2.00 bits per heavy atom. The molecule has 0 aliphatic carbocycles. The van der Waals surface area contributed by atoms with Gasteiger partial charge in [0.1, 0.15) is 11.6 Å². The van der Waals surface area contributed by atoms with Crippen LogP contribution in [0, 0.1) is 12.3 Å². The van der Waals surface area contributed by atoms with Crippen molar-refractivity contribution in [3.05, 3.63) is 48.0 Å². The highest BCUT2D eigenvalue weighted by atomic mass is 16.5. The lowest BCUT2D eigenvalue weighted by atomic mass is 9.75. The van der Waals surface area contributed by atoms with Crippen molar-refractivity contribution in [1.29, 1.82) is 0 Å². The van der Waals surface area contributed by atoms with Gasteiger partial charge < -0.3 is 23.8 Å². The van der Waals surface area contributed by atoms with Gasteiger partial charge in [0.25, 0.3) is 5.91 Å². The Morgan fingerprint density at radius 3 is 2.81 bits per heavy atom. The number of hydrogen-bond acceptors (Lipinski definition) is 5. The second kappa shape index (κ2) is 11.7. The zero-order chi connectivity index (χ0) is 25.7. The molecule has 2 bridgehead atoms. The second-order valence-electron chi connectivity index (χ2n) is 10.9. The molecule has 1 aromatic carbocycles. The van der Waals surface area contributed by atoms with E-state index in [1.807, 2.05) is 51.8 Å². The number of benzene rings is 1. The van der Waals surface area contributed by atoms with Gasteiger partial charge in [0.15, 0.2) is 0 Å². The largest absolute Gasteiger partial charge is 0.493 e. The first kappa shape index (κ1) is 25.8. The number of aryl methyl sites for hydroxylation is 2. The van der Waals surface area contributed by atoms with Gasteiger partial charge in [-0.15, -0.1) is 0 Å². The molecule has 8 heteroatoms. The highest BCUT2D eigenvalue weighted by Crippen LogP contribution is 2.38. The van der Waals surface area contributed by atoms with Gasteiger partial charge in [-0.25, -0.2) is 4.98 Å². The highest BCUT2D eigenvalue weighted by molar-refractivity contribution is 5.95. The van der Waals surface area contributed by atoms with Crippen LogP contribution in [0.4, 0.5) is 0 Å². The molecular weight excluding hydrogens is 468 g/mol. The predicted molar refractivity (Wildman–Crippen MR) is 140 cm³/mol. The number of amides is 2. The summed E-state index contributed by atoms with van der Waals surface area (Å²) < 4.78 is 14.4. The van der Waals surface area contributed by atoms with Crippen LogP contribution >= 0.6 is 0 Å². The molecule has 5 rings (SSSR count). The van der Waals surface area contributed by atoms with Crippen LogP contribution in [0.15, 0.2) is 36.7 Å². The first-order valence-electron chi connectivity index (χ1n) is 13.9. The Labute approximate surface area is 219 Å². The number of aromatic nitrogens is 2. The smallest absolute Gasteiger partial charge is 0.254 e. The normalized spacial score (nSPS) is 22.7. The summed E-state index contributed by atoms with van der Waals surface area (Å²) in [5.41, 5.74) is 0.708. The van der Waals surface area contributed by atoms with E-state index in [2.05, 4.69) is 4.98 Å². The molecule has 8 nitrogen and oxygen atoms in total. The fourth-order valence-electron chi connectivity index (χ4n) is 6.03. The van der Waals surface area contributed by atoms with Crippen molar-refractivity contribution in [3.8, 4) is 5.75 Å². The van der Waals surface area contributed by atoms with E-state index in [-0.39, 0.29) is 23.3 Å². The van der Waals surface area contributed by atoms with Gasteiger partial charge in [0, 0.05) is 62.6 Å². The van der Waals surface area contributed by atoms with Gasteiger partial charge in [0.2, 0.25) is 5.91 Å². The van der Waals surface area contributed by atoms with Crippen molar-refractivity contribution in [2.45, 2.75) is 70.9 Å². The summed E-state index contributed by atoms with van der Waals surface area (Å²) >= 11 is 0. The van der Waals surface area contributed by atoms with Crippen molar-refractivity contribution in [2.24, 2.45) is 5.41 Å². The number of likely N-dealkylation sites (tertiary alicyclic amines) is 1. The van der Waals surface area contributed by atoms with E-state index < -0.39 is 0 Å². The lowest BCUT2D eigenvalue weighted by Crippen LogP contribution is -2.45. The molecule has 4 heterocycles. The fourth-order valence-corrected chi connectivity index (χ4v) is 6.03. The molecule has 2 aromatic rings. The zero-order valence-electron chi connectivity index (χ0n) is 22.1. The Kier molecular flexibility index (Phi) is 8.13. The van der Waals surface area contributed by atoms with Gasteiger partial charge in [-0.2, -0.15) is 0 Å². The summed E-state index contributed by atoms with van der Waals surface area (Å²) in [6.45, 7) is 6.89. The molecule has 1 spiro atoms. The van der Waals surface area contributed by atoms with Gasteiger partial charge in [-0.3, -0.25) is 9.59 Å². The summed E-state index contributed by atoms with van der Waals surface area (Å²) in [7, 11) is 0. The summed E-state index contributed by atoms with van der Waals surface area (Å²) in [4.78, 5) is 34.4. The number of rotatable bonds is 3. The topological polar surface area (TPSA) is 76.9 Å². The van der Waals surface area contributed by atoms with Crippen LogP contribution in [0.3, 0.4) is 0 Å². The van der Waals surface area contributed by atoms with Gasteiger partial charge in [-0.1, -0.05) is 12.5 Å². The minimum Gasteiger partial charge on any atom is -0.493 e. The third-order valence-electron chi connectivity index (χ3n) is 8.49. The van der Waals surface area contributed by atoms with E-state index in [1.54, 1.807) is 6.20 Å². The maximum atomic E-state index is 13.2. The molecule has 3 aliphatic heterocycles. The Bertz CT molecular complexity index is 1080. The quantitative estimate of drug-likeness (QED) is 0.625. The number of nitrogens with zero attached hydrogens (tertiary/aromatic N) is 4. The van der Waals surface area contributed by atoms with E-state index in [0.717, 1.165) is 82.8 Å². The van der Waals surface area contributed by atoms with E-state index in [9.17, 15) is 9.59 Å². The molecule has 1 atom stereocenters. The van der Waals surface area contributed by atoms with E-state index in [4.69, 9.17) is 9.47 Å². The Balaban J connectivity index is 1.23. The van der Waals surface area contributed by atoms with Gasteiger partial charge in [-0.05, 0) is 63.6 Å². The van der Waals surface area contributed by atoms with Gasteiger partial charge >= 0.3 is 0 Å². The molecule has 2 saturated heterocycles. The molecular formula is C29H40N4O4. The van der Waals surface area contributed by atoms with Crippen LogP contribution < -0.4 is 4.74 Å². The molecule has 2 fully saturated rings. The monoisotopic (exact) mass is 508 g/mol. The van der Waals surface area contributed by atoms with E-state index in [0.29, 0.717) is 31.7 Å². The van der Waals surface area contributed by atoms with E-state index in [1.165, 1.54) is 0 Å². The first-order chi connectivity index (χ1) is 18.0. The van der Waals surface area contributed by atoms with Crippen molar-refractivity contribution >= 4 is 11.8 Å². The molecule has 2 amide bonds. The number of carbonyl (C=O) groups excluding carboxylic acids is 2. The third-order valence-corrected chi connectivity index (χ3v) is 8.49. The summed E-state index contributed by atoms with van der Waals surface area (Å²) in [6.07, 6.45) is 11.2. The van der Waals surface area contributed by atoms with Crippen molar-refractivity contribution < 1.29 is 19.1 Å². The van der Waals surface area contributed by atoms with Crippen LogP contribution in [-0.2, 0) is 16.1 Å². The number of ether oxygens (including phenoxy) is 2. The first-order valence-corrected chi connectivity index (χ1v) is 13.9. The zero-order valence-corrected chi connectivity index (χ0v) is 22.1. The number of imidazole rings is 1. The number of piperidine rings is 1. The second-order valence-corrected chi connectivity index (χ2v) is 10.9. The van der Waals surface area contributed by atoms with Crippen molar-refractivity contribution in [2.75, 3.05) is 39.5 Å². The van der Waals surface area contributed by atoms with Crippen LogP contribution in [0.5, 0.6) is 5.75 Å². The fraction of sp³-hybridized carbons (Fsp3) is 0.621. The number of hydrogen-bond donors (Lipinski definition) is 0. The number of carbonyl (C=O) groups is 2. The lowest BCUT2D eigenvalue weighted by molar-refractivity contribution is -0.134. The average molecular weight is 509 g/mol. The maximum Gasteiger partial charge on any atom is 0.254 e. The molecule has 0 unspecified atom stereocenters. The molecule has 1 aromatic heterocycles. The van der Waals surface area contributed by atoms with E-state index >= 15 is 0 Å². The highest BCUT2D eigenvalue weighted by Gasteiger charge is 2.37. The van der Waals surface area contributed by atoms with Crippen LogP contribution in [-0.4, -0.2) is 76.7 Å². The molecule has 3 aliphatic rings. The Hall–Kier alpha value is -2.87. The molecule has 0 saturated carbocycles. The molecule has 0 radical (unpaired) electrons. The average Bonchev–Trinajstić information content (AvgIpc) is 3.56. The van der Waals surface area contributed by atoms with Crippen LogP contribution in [0.2, 0.25) is 0 Å². The predicted octanol–water partition coefficient (Wildman–Crippen LogP) is 4.07. The molecule has 37 heavy (non-hydrogen) atoms. The van der Waals surface area contributed by atoms with Crippen molar-refractivity contribution in [1.82, 2.24) is 19.4 Å². The minimum atomic E-state index is 0.0257. The van der Waals surface area contributed by atoms with Crippen LogP contribution in [0.1, 0.15) is 67.5 Å². The van der Waals surface area contributed by atoms with Crippen LogP contribution in [0.25, 0.3) is 0 Å². The summed E-state index contributed by atoms with van der Waals surface area (Å²) in [6, 6.07) is 7.80. The van der Waals surface area contributed by atoms with Gasteiger partial charge in [0.05, 0.1) is 19.3 Å². The van der Waals surface area contributed by atoms with Crippen molar-refractivity contribution in [3.63, 3.8) is 0 Å². The summed E-state index contributed by atoms with van der Waals surface area (Å²) in [5.74, 6) is 1.97. The molecule has 200 valence electrons. The minimum absolute atomic E-state index is 0.0257. The SMILES string of the molecule is Cc1nccn1CCC(=O)N1CCC2(CCCCOC[C@@H]3CCCN3C(=O)c3cccc(c3)OC2)CC1.